The van der Waals surface area contributed by atoms with Gasteiger partial charge < -0.3 is 20.4 Å². The predicted molar refractivity (Wildman–Crippen MR) is 50.6 cm³/mol. The van der Waals surface area contributed by atoms with Gasteiger partial charge in [-0.15, -0.1) is 0 Å². The molecule has 14 heavy (non-hydrogen) atoms. The third-order valence-corrected chi connectivity index (χ3v) is 2.05. The van der Waals surface area contributed by atoms with Crippen LogP contribution in [0.25, 0.3) is 10.8 Å². The minimum Gasteiger partial charge on any atom is -0.508 e. The molecule has 0 aliphatic carbocycles. The minimum atomic E-state index is -0.553. The van der Waals surface area contributed by atoms with E-state index in [1.165, 1.54) is 24.3 Å². The highest BCUT2D eigenvalue weighted by Gasteiger charge is 2.10. The van der Waals surface area contributed by atoms with Gasteiger partial charge in [0.25, 0.3) is 0 Å². The van der Waals surface area contributed by atoms with Gasteiger partial charge in [0.1, 0.15) is 5.75 Å². The van der Waals surface area contributed by atoms with E-state index in [0.29, 0.717) is 10.8 Å². The Labute approximate surface area is 79.3 Å². The van der Waals surface area contributed by atoms with Crippen LogP contribution >= 0.6 is 0 Å². The lowest BCUT2D eigenvalue weighted by atomic mass is 10.1. The van der Waals surface area contributed by atoms with Crippen molar-refractivity contribution in [3.63, 3.8) is 0 Å². The highest BCUT2D eigenvalue weighted by Crippen LogP contribution is 2.41. The van der Waals surface area contributed by atoms with E-state index >= 15 is 0 Å². The molecular weight excluding hydrogens is 184 g/mol. The van der Waals surface area contributed by atoms with Gasteiger partial charge in [-0.3, -0.25) is 0 Å². The second kappa shape index (κ2) is 2.70. The molecule has 2 aromatic carbocycles. The lowest BCUT2D eigenvalue weighted by Gasteiger charge is -2.05. The van der Waals surface area contributed by atoms with Crippen molar-refractivity contribution >= 4 is 10.8 Å². The molecule has 0 aliphatic rings. The van der Waals surface area contributed by atoms with Gasteiger partial charge in [-0.05, 0) is 29.7 Å². The van der Waals surface area contributed by atoms with Gasteiger partial charge in [-0.25, -0.2) is 0 Å². The van der Waals surface area contributed by atoms with Crippen molar-refractivity contribution in [1.29, 1.82) is 0 Å². The standard InChI is InChI=1S/C10H8O4/c11-6-1-2-7-5(3-6)4-8(12)10(14)9(7)13/h1-4,11-14H. The Bertz CT molecular complexity index is 505. The summed E-state index contributed by atoms with van der Waals surface area (Å²) in [6, 6.07) is 5.50. The van der Waals surface area contributed by atoms with Crippen LogP contribution in [0.5, 0.6) is 23.0 Å². The number of hydrogen-bond acceptors (Lipinski definition) is 4. The van der Waals surface area contributed by atoms with Crippen LogP contribution in [0.3, 0.4) is 0 Å². The first kappa shape index (κ1) is 8.50. The summed E-state index contributed by atoms with van der Waals surface area (Å²) in [5.74, 6) is -1.33. The van der Waals surface area contributed by atoms with Gasteiger partial charge in [-0.1, -0.05) is 0 Å². The van der Waals surface area contributed by atoms with Gasteiger partial charge in [0.2, 0.25) is 5.75 Å². The molecule has 0 bridgehead atoms. The molecule has 4 nitrogen and oxygen atoms in total. The van der Waals surface area contributed by atoms with Gasteiger partial charge in [0.05, 0.1) is 0 Å². The zero-order valence-corrected chi connectivity index (χ0v) is 7.10. The van der Waals surface area contributed by atoms with Crippen LogP contribution in [-0.4, -0.2) is 20.4 Å². The van der Waals surface area contributed by atoms with E-state index in [-0.39, 0.29) is 11.5 Å². The molecule has 2 rings (SSSR count). The van der Waals surface area contributed by atoms with Crippen LogP contribution in [0.2, 0.25) is 0 Å². The van der Waals surface area contributed by atoms with Crippen molar-refractivity contribution in [3.8, 4) is 23.0 Å². The molecule has 0 saturated carbocycles. The average molecular weight is 192 g/mol. The zero-order valence-electron chi connectivity index (χ0n) is 7.10. The first-order valence-electron chi connectivity index (χ1n) is 3.96. The summed E-state index contributed by atoms with van der Waals surface area (Å²) in [4.78, 5) is 0. The highest BCUT2D eigenvalue weighted by atomic mass is 16.3. The van der Waals surface area contributed by atoms with E-state index in [0.717, 1.165) is 0 Å². The molecule has 4 heteroatoms. The van der Waals surface area contributed by atoms with Crippen molar-refractivity contribution in [2.45, 2.75) is 0 Å². The quantitative estimate of drug-likeness (QED) is 0.478. The third kappa shape index (κ3) is 1.08. The number of benzene rings is 2. The molecule has 72 valence electrons. The smallest absolute Gasteiger partial charge is 0.200 e. The average Bonchev–Trinajstić information content (AvgIpc) is 2.14. The predicted octanol–water partition coefficient (Wildman–Crippen LogP) is 1.66. The van der Waals surface area contributed by atoms with Gasteiger partial charge in [-0.2, -0.15) is 0 Å². The van der Waals surface area contributed by atoms with Crippen LogP contribution < -0.4 is 0 Å². The number of aromatic hydroxyl groups is 4. The van der Waals surface area contributed by atoms with Crippen molar-refractivity contribution in [1.82, 2.24) is 0 Å². The molecular formula is C10H8O4. The number of hydrogen-bond donors (Lipinski definition) is 4. The Morgan fingerprint density at radius 2 is 1.50 bits per heavy atom. The van der Waals surface area contributed by atoms with Crippen molar-refractivity contribution in [2.24, 2.45) is 0 Å². The van der Waals surface area contributed by atoms with Gasteiger partial charge in [0.15, 0.2) is 11.5 Å². The normalized spacial score (nSPS) is 10.6. The molecule has 0 aliphatic heterocycles. The Morgan fingerprint density at radius 1 is 0.786 bits per heavy atom. The maximum atomic E-state index is 9.44. The van der Waals surface area contributed by atoms with Gasteiger partial charge in [0, 0.05) is 5.39 Å². The fourth-order valence-corrected chi connectivity index (χ4v) is 1.35. The molecule has 0 amide bonds. The van der Waals surface area contributed by atoms with Crippen LogP contribution in [0.4, 0.5) is 0 Å². The zero-order chi connectivity index (χ0) is 10.3. The van der Waals surface area contributed by atoms with Crippen LogP contribution in [0.1, 0.15) is 0 Å². The Morgan fingerprint density at radius 3 is 2.21 bits per heavy atom. The summed E-state index contributed by atoms with van der Waals surface area (Å²) in [6.45, 7) is 0. The largest absolute Gasteiger partial charge is 0.508 e. The van der Waals surface area contributed by atoms with Gasteiger partial charge >= 0.3 is 0 Å². The Kier molecular flexibility index (Phi) is 1.64. The molecule has 0 fully saturated rings. The summed E-state index contributed by atoms with van der Waals surface area (Å²) in [5.41, 5.74) is 0. The first-order valence-corrected chi connectivity index (χ1v) is 3.96. The monoisotopic (exact) mass is 192 g/mol. The molecule has 0 radical (unpaired) electrons. The second-order valence-corrected chi connectivity index (χ2v) is 3.00. The van der Waals surface area contributed by atoms with Crippen LogP contribution in [0.15, 0.2) is 24.3 Å². The summed E-state index contributed by atoms with van der Waals surface area (Å²) in [5, 5.41) is 37.8. The Hall–Kier alpha value is -2.10. The lowest BCUT2D eigenvalue weighted by molar-refractivity contribution is 0.371. The van der Waals surface area contributed by atoms with Crippen molar-refractivity contribution in [3.05, 3.63) is 24.3 Å². The molecule has 4 N–H and O–H groups in total. The van der Waals surface area contributed by atoms with Crippen molar-refractivity contribution in [2.75, 3.05) is 0 Å². The van der Waals surface area contributed by atoms with Crippen molar-refractivity contribution < 1.29 is 20.4 Å². The lowest BCUT2D eigenvalue weighted by Crippen LogP contribution is -1.77. The SMILES string of the molecule is Oc1ccc2c(O)c(O)c(O)cc2c1. The first-order chi connectivity index (χ1) is 6.59. The molecule has 0 atom stereocenters. The molecule has 0 unspecified atom stereocenters. The fourth-order valence-electron chi connectivity index (χ4n) is 1.35. The van der Waals surface area contributed by atoms with Crippen LogP contribution in [0, 0.1) is 0 Å². The number of phenolic OH excluding ortho intramolecular Hbond substituents is 4. The molecule has 0 saturated heterocycles. The topological polar surface area (TPSA) is 80.9 Å². The Balaban J connectivity index is 2.91. The van der Waals surface area contributed by atoms with E-state index in [4.69, 9.17) is 5.11 Å². The summed E-state index contributed by atoms with van der Waals surface area (Å²) in [6.07, 6.45) is 0. The summed E-state index contributed by atoms with van der Waals surface area (Å²) < 4.78 is 0. The minimum absolute atomic E-state index is 0.0296. The maximum Gasteiger partial charge on any atom is 0.200 e. The number of phenols is 4. The number of rotatable bonds is 0. The van der Waals surface area contributed by atoms with E-state index in [2.05, 4.69) is 0 Å². The second-order valence-electron chi connectivity index (χ2n) is 3.00. The van der Waals surface area contributed by atoms with E-state index in [1.807, 2.05) is 0 Å². The summed E-state index contributed by atoms with van der Waals surface area (Å²) in [7, 11) is 0. The molecule has 0 spiro atoms. The molecule has 0 aromatic heterocycles. The molecule has 2 aromatic rings. The van der Waals surface area contributed by atoms with E-state index in [9.17, 15) is 15.3 Å². The van der Waals surface area contributed by atoms with E-state index in [1.54, 1.807) is 0 Å². The van der Waals surface area contributed by atoms with Crippen LogP contribution in [-0.2, 0) is 0 Å². The third-order valence-electron chi connectivity index (χ3n) is 2.05. The maximum absolute atomic E-state index is 9.44. The number of fused-ring (bicyclic) bond motifs is 1. The van der Waals surface area contributed by atoms with E-state index < -0.39 is 11.5 Å². The summed E-state index contributed by atoms with van der Waals surface area (Å²) >= 11 is 0. The fraction of sp³-hybridized carbons (Fsp3) is 0. The molecule has 0 heterocycles. The highest BCUT2D eigenvalue weighted by molar-refractivity contribution is 5.93.